The molecule has 8 heteroatoms. The van der Waals surface area contributed by atoms with Gasteiger partial charge in [-0.15, -0.1) is 0 Å². The first kappa shape index (κ1) is 22.3. The fourth-order valence-electron chi connectivity index (χ4n) is 3.34. The molecule has 1 atom stereocenters. The van der Waals surface area contributed by atoms with Crippen LogP contribution in [0.3, 0.4) is 0 Å². The van der Waals surface area contributed by atoms with Crippen LogP contribution in [0, 0.1) is 5.82 Å². The van der Waals surface area contributed by atoms with Crippen LogP contribution in [-0.2, 0) is 21.2 Å². The highest BCUT2D eigenvalue weighted by molar-refractivity contribution is 7.92. The van der Waals surface area contributed by atoms with E-state index in [2.05, 4.69) is 10.0 Å². The number of carbonyl (C=O) groups is 1. The Balaban J connectivity index is 1.42. The molecule has 1 unspecified atom stereocenters. The van der Waals surface area contributed by atoms with Crippen LogP contribution in [0.1, 0.15) is 22.9 Å². The van der Waals surface area contributed by atoms with Crippen molar-refractivity contribution in [1.82, 2.24) is 5.32 Å². The van der Waals surface area contributed by atoms with Gasteiger partial charge in [-0.05, 0) is 59.7 Å². The second-order valence-corrected chi connectivity index (χ2v) is 9.04. The molecule has 0 bridgehead atoms. The van der Waals surface area contributed by atoms with E-state index in [1.165, 1.54) is 12.1 Å². The minimum Gasteiger partial charge on any atom is -0.467 e. The first-order chi connectivity index (χ1) is 15.9. The molecule has 1 amide bonds. The van der Waals surface area contributed by atoms with Gasteiger partial charge in [0, 0.05) is 5.69 Å². The molecule has 4 aromatic rings. The molecule has 33 heavy (non-hydrogen) atoms. The van der Waals surface area contributed by atoms with Gasteiger partial charge in [-0.1, -0.05) is 42.5 Å². The fraction of sp³-hybridized carbons (Fsp3) is 0.0800. The lowest BCUT2D eigenvalue weighted by Crippen LogP contribution is -2.30. The van der Waals surface area contributed by atoms with Gasteiger partial charge in [0.2, 0.25) is 5.91 Å². The molecule has 0 aliphatic heterocycles. The number of furan rings is 1. The van der Waals surface area contributed by atoms with Gasteiger partial charge in [0.25, 0.3) is 10.0 Å². The second-order valence-electron chi connectivity index (χ2n) is 7.36. The van der Waals surface area contributed by atoms with Crippen molar-refractivity contribution in [3.05, 3.63) is 120 Å². The van der Waals surface area contributed by atoms with Crippen molar-refractivity contribution in [2.75, 3.05) is 4.72 Å². The van der Waals surface area contributed by atoms with E-state index in [-0.39, 0.29) is 17.2 Å². The highest BCUT2D eigenvalue weighted by atomic mass is 32.2. The summed E-state index contributed by atoms with van der Waals surface area (Å²) in [6.07, 6.45) is 1.66. The van der Waals surface area contributed by atoms with Gasteiger partial charge in [-0.3, -0.25) is 9.52 Å². The molecule has 4 rings (SSSR count). The largest absolute Gasteiger partial charge is 0.467 e. The molecule has 1 heterocycles. The number of carbonyl (C=O) groups excluding carboxylic acids is 1. The van der Waals surface area contributed by atoms with Gasteiger partial charge in [0.15, 0.2) is 0 Å². The lowest BCUT2D eigenvalue weighted by atomic mass is 10.0. The highest BCUT2D eigenvalue weighted by Gasteiger charge is 2.19. The number of hydrogen-bond acceptors (Lipinski definition) is 4. The van der Waals surface area contributed by atoms with Gasteiger partial charge in [0.05, 0.1) is 17.6 Å². The van der Waals surface area contributed by atoms with E-state index in [0.29, 0.717) is 17.0 Å². The second kappa shape index (κ2) is 9.70. The minimum absolute atomic E-state index is 0.0442. The Hall–Kier alpha value is -3.91. The number of amides is 1. The molecule has 1 aromatic heterocycles. The monoisotopic (exact) mass is 464 g/mol. The standard InChI is InChI=1S/C25H21FN2O4S/c26-20-10-14-22(15-11-20)33(30,31)28-21-12-8-18(9-13-21)17-24(29)27-25(23-7-4-16-32-23)19-5-2-1-3-6-19/h1-16,25,28H,17H2,(H,27,29). The summed E-state index contributed by atoms with van der Waals surface area (Å²) < 4.78 is 45.9. The molecule has 0 aliphatic carbocycles. The molecule has 0 spiro atoms. The van der Waals surface area contributed by atoms with Gasteiger partial charge in [0.1, 0.15) is 17.6 Å². The van der Waals surface area contributed by atoms with Gasteiger partial charge in [-0.25, -0.2) is 12.8 Å². The summed E-state index contributed by atoms with van der Waals surface area (Å²) in [6, 6.07) is 23.7. The van der Waals surface area contributed by atoms with Crippen molar-refractivity contribution in [2.45, 2.75) is 17.4 Å². The molecule has 0 saturated carbocycles. The highest BCUT2D eigenvalue weighted by Crippen LogP contribution is 2.23. The quantitative estimate of drug-likeness (QED) is 0.397. The van der Waals surface area contributed by atoms with Crippen LogP contribution in [-0.4, -0.2) is 14.3 Å². The molecule has 3 aromatic carbocycles. The molecular weight excluding hydrogens is 443 g/mol. The van der Waals surface area contributed by atoms with Crippen LogP contribution in [0.2, 0.25) is 0 Å². The molecule has 0 radical (unpaired) electrons. The number of benzene rings is 3. The van der Waals surface area contributed by atoms with Crippen molar-refractivity contribution >= 4 is 21.6 Å². The van der Waals surface area contributed by atoms with Crippen LogP contribution in [0.4, 0.5) is 10.1 Å². The summed E-state index contributed by atoms with van der Waals surface area (Å²) in [4.78, 5) is 12.7. The number of sulfonamides is 1. The van der Waals surface area contributed by atoms with Crippen LogP contribution in [0.15, 0.2) is 107 Å². The predicted molar refractivity (Wildman–Crippen MR) is 122 cm³/mol. The molecule has 0 fully saturated rings. The fourth-order valence-corrected chi connectivity index (χ4v) is 4.39. The molecular formula is C25H21FN2O4S. The Morgan fingerprint density at radius 2 is 1.58 bits per heavy atom. The van der Waals surface area contributed by atoms with E-state index in [1.807, 2.05) is 30.3 Å². The summed E-state index contributed by atoms with van der Waals surface area (Å²) >= 11 is 0. The van der Waals surface area contributed by atoms with E-state index in [4.69, 9.17) is 4.42 Å². The summed E-state index contributed by atoms with van der Waals surface area (Å²) in [6.45, 7) is 0. The number of halogens is 1. The maximum Gasteiger partial charge on any atom is 0.261 e. The third kappa shape index (κ3) is 5.67. The van der Waals surface area contributed by atoms with Crippen LogP contribution < -0.4 is 10.0 Å². The van der Waals surface area contributed by atoms with E-state index in [0.717, 1.165) is 17.7 Å². The number of hydrogen-bond donors (Lipinski definition) is 2. The third-order valence-electron chi connectivity index (χ3n) is 4.96. The maximum atomic E-state index is 13.1. The van der Waals surface area contributed by atoms with E-state index >= 15 is 0 Å². The Labute approximate surface area is 191 Å². The SMILES string of the molecule is O=C(Cc1ccc(NS(=O)(=O)c2ccc(F)cc2)cc1)NC(c1ccccc1)c1ccco1. The van der Waals surface area contributed by atoms with E-state index in [9.17, 15) is 17.6 Å². The molecule has 168 valence electrons. The summed E-state index contributed by atoms with van der Waals surface area (Å²) in [5.41, 5.74) is 1.94. The Bertz CT molecular complexity index is 1310. The molecule has 0 saturated heterocycles. The molecule has 6 nitrogen and oxygen atoms in total. The average molecular weight is 465 g/mol. The normalized spacial score (nSPS) is 12.2. The first-order valence-corrected chi connectivity index (χ1v) is 11.6. The summed E-state index contributed by atoms with van der Waals surface area (Å²) in [7, 11) is -3.84. The third-order valence-corrected chi connectivity index (χ3v) is 6.36. The van der Waals surface area contributed by atoms with Crippen molar-refractivity contribution in [1.29, 1.82) is 0 Å². The first-order valence-electron chi connectivity index (χ1n) is 10.2. The van der Waals surface area contributed by atoms with Crippen molar-refractivity contribution in [3.63, 3.8) is 0 Å². The minimum atomic E-state index is -3.84. The Morgan fingerprint density at radius 1 is 0.879 bits per heavy atom. The number of anilines is 1. The van der Waals surface area contributed by atoms with Crippen molar-refractivity contribution in [3.8, 4) is 0 Å². The van der Waals surface area contributed by atoms with Crippen LogP contribution in [0.5, 0.6) is 0 Å². The van der Waals surface area contributed by atoms with Gasteiger partial charge >= 0.3 is 0 Å². The van der Waals surface area contributed by atoms with Gasteiger partial charge < -0.3 is 9.73 Å². The smallest absolute Gasteiger partial charge is 0.261 e. The lowest BCUT2D eigenvalue weighted by molar-refractivity contribution is -0.121. The zero-order valence-corrected chi connectivity index (χ0v) is 18.3. The summed E-state index contributed by atoms with van der Waals surface area (Å²) in [5.74, 6) is -0.0990. The maximum absolute atomic E-state index is 13.1. The number of rotatable bonds is 8. The predicted octanol–water partition coefficient (Wildman–Crippen LogP) is 4.67. The Kier molecular flexibility index (Phi) is 6.55. The Morgan fingerprint density at radius 3 is 2.21 bits per heavy atom. The van der Waals surface area contributed by atoms with Crippen LogP contribution in [0.25, 0.3) is 0 Å². The molecule has 0 aliphatic rings. The van der Waals surface area contributed by atoms with E-state index < -0.39 is 21.9 Å². The molecule has 2 N–H and O–H groups in total. The van der Waals surface area contributed by atoms with E-state index in [1.54, 1.807) is 42.7 Å². The van der Waals surface area contributed by atoms with Gasteiger partial charge in [-0.2, -0.15) is 0 Å². The van der Waals surface area contributed by atoms with Crippen LogP contribution >= 0.6 is 0 Å². The average Bonchev–Trinajstić information content (AvgIpc) is 3.34. The number of nitrogens with one attached hydrogen (secondary N) is 2. The topological polar surface area (TPSA) is 88.4 Å². The summed E-state index contributed by atoms with van der Waals surface area (Å²) in [5, 5.41) is 2.99. The van der Waals surface area contributed by atoms with Crippen molar-refractivity contribution in [2.24, 2.45) is 0 Å². The zero-order chi connectivity index (χ0) is 23.3. The lowest BCUT2D eigenvalue weighted by Gasteiger charge is -2.17. The van der Waals surface area contributed by atoms with Crippen molar-refractivity contribution < 1.29 is 22.0 Å². The zero-order valence-electron chi connectivity index (χ0n) is 17.4.